The second-order valence-electron chi connectivity index (χ2n) is 7.23. The molecule has 6 nitrogen and oxygen atoms in total. The quantitative estimate of drug-likeness (QED) is 0.639. The van der Waals surface area contributed by atoms with E-state index in [1.165, 1.54) is 17.2 Å². The van der Waals surface area contributed by atoms with Crippen LogP contribution in [0.4, 0.5) is 11.4 Å². The maximum absolute atomic E-state index is 12.6. The molecule has 0 bridgehead atoms. The summed E-state index contributed by atoms with van der Waals surface area (Å²) in [5, 5.41) is 13.9. The third-order valence-corrected chi connectivity index (χ3v) is 5.24. The molecule has 1 heterocycles. The average Bonchev–Trinajstić information content (AvgIpc) is 2.65. The first-order valence-electron chi connectivity index (χ1n) is 9.27. The Morgan fingerprint density at radius 3 is 2.44 bits per heavy atom. The van der Waals surface area contributed by atoms with Crippen LogP contribution >= 0.6 is 0 Å². The topological polar surface area (TPSA) is 75.5 Å². The third-order valence-electron chi connectivity index (χ3n) is 5.24. The van der Waals surface area contributed by atoms with Crippen LogP contribution in [-0.2, 0) is 11.3 Å². The van der Waals surface area contributed by atoms with E-state index in [4.69, 9.17) is 0 Å². The molecule has 1 amide bonds. The third kappa shape index (κ3) is 4.71. The largest absolute Gasteiger partial charge is 0.325 e. The molecule has 1 saturated heterocycles. The molecule has 2 aromatic rings. The van der Waals surface area contributed by atoms with E-state index >= 15 is 0 Å². The summed E-state index contributed by atoms with van der Waals surface area (Å²) in [6, 6.07) is 13.3. The van der Waals surface area contributed by atoms with E-state index in [2.05, 4.69) is 41.4 Å². The lowest BCUT2D eigenvalue weighted by Gasteiger charge is -2.31. The van der Waals surface area contributed by atoms with Crippen LogP contribution in [0, 0.1) is 29.9 Å². The van der Waals surface area contributed by atoms with Crippen LogP contribution in [-0.4, -0.2) is 28.8 Å². The van der Waals surface area contributed by atoms with E-state index in [9.17, 15) is 14.9 Å². The zero-order valence-electron chi connectivity index (χ0n) is 15.8. The standard InChI is InChI=1S/C21H25N3O3/c1-15-6-8-17(9-7-15)14-23-12-10-18(11-13-23)21(25)22-19-4-3-5-20(16(19)2)24(26)27/h3-9,18H,10-14H2,1-2H3,(H,22,25). The fourth-order valence-corrected chi connectivity index (χ4v) is 3.50. The number of nitro benzene ring substituents is 1. The molecule has 0 unspecified atom stereocenters. The second-order valence-corrected chi connectivity index (χ2v) is 7.23. The van der Waals surface area contributed by atoms with Gasteiger partial charge in [-0.15, -0.1) is 0 Å². The molecule has 0 aromatic heterocycles. The lowest BCUT2D eigenvalue weighted by molar-refractivity contribution is -0.385. The molecular formula is C21H25N3O3. The Bertz CT molecular complexity index is 825. The second kappa shape index (κ2) is 8.31. The molecule has 27 heavy (non-hydrogen) atoms. The number of hydrogen-bond donors (Lipinski definition) is 1. The molecule has 1 aliphatic rings. The summed E-state index contributed by atoms with van der Waals surface area (Å²) in [4.78, 5) is 25.6. The molecule has 0 atom stereocenters. The van der Waals surface area contributed by atoms with Crippen LogP contribution in [0.15, 0.2) is 42.5 Å². The molecule has 142 valence electrons. The number of carbonyl (C=O) groups excluding carboxylic acids is 1. The van der Waals surface area contributed by atoms with Crippen molar-refractivity contribution in [2.45, 2.75) is 33.2 Å². The van der Waals surface area contributed by atoms with E-state index in [0.717, 1.165) is 32.5 Å². The number of nitrogens with zero attached hydrogens (tertiary/aromatic N) is 2. The molecule has 0 aliphatic carbocycles. The highest BCUT2D eigenvalue weighted by atomic mass is 16.6. The number of amides is 1. The highest BCUT2D eigenvalue weighted by molar-refractivity contribution is 5.93. The Balaban J connectivity index is 1.55. The normalized spacial score (nSPS) is 15.5. The Morgan fingerprint density at radius 1 is 1.15 bits per heavy atom. The number of aryl methyl sites for hydroxylation is 1. The number of hydrogen-bond acceptors (Lipinski definition) is 4. The van der Waals surface area contributed by atoms with E-state index in [0.29, 0.717) is 11.3 Å². The van der Waals surface area contributed by atoms with E-state index in [1.807, 2.05) is 0 Å². The highest BCUT2D eigenvalue weighted by Crippen LogP contribution is 2.27. The number of rotatable bonds is 5. The highest BCUT2D eigenvalue weighted by Gasteiger charge is 2.26. The predicted octanol–water partition coefficient (Wildman–Crippen LogP) is 4.06. The van der Waals surface area contributed by atoms with Gasteiger partial charge in [-0.3, -0.25) is 19.8 Å². The van der Waals surface area contributed by atoms with Gasteiger partial charge in [-0.1, -0.05) is 35.9 Å². The number of nitrogens with one attached hydrogen (secondary N) is 1. The van der Waals surface area contributed by atoms with Gasteiger partial charge >= 0.3 is 0 Å². The van der Waals surface area contributed by atoms with E-state index in [-0.39, 0.29) is 17.5 Å². The van der Waals surface area contributed by atoms with E-state index in [1.54, 1.807) is 19.1 Å². The lowest BCUT2D eigenvalue weighted by Crippen LogP contribution is -2.37. The van der Waals surface area contributed by atoms with Crippen LogP contribution in [0.2, 0.25) is 0 Å². The van der Waals surface area contributed by atoms with Crippen molar-refractivity contribution >= 4 is 17.3 Å². The van der Waals surface area contributed by atoms with Crippen molar-refractivity contribution in [2.24, 2.45) is 5.92 Å². The zero-order valence-corrected chi connectivity index (χ0v) is 15.8. The Hall–Kier alpha value is -2.73. The fraction of sp³-hybridized carbons (Fsp3) is 0.381. The van der Waals surface area contributed by atoms with Crippen LogP contribution < -0.4 is 5.32 Å². The van der Waals surface area contributed by atoms with Crippen molar-refractivity contribution in [3.05, 3.63) is 69.3 Å². The molecule has 0 radical (unpaired) electrons. The van der Waals surface area contributed by atoms with Crippen molar-refractivity contribution in [3.8, 4) is 0 Å². The van der Waals surface area contributed by atoms with E-state index < -0.39 is 4.92 Å². The van der Waals surface area contributed by atoms with Gasteiger partial charge in [0.25, 0.3) is 5.69 Å². The molecule has 1 N–H and O–H groups in total. The molecule has 1 fully saturated rings. The van der Waals surface area contributed by atoms with Gasteiger partial charge in [-0.25, -0.2) is 0 Å². The summed E-state index contributed by atoms with van der Waals surface area (Å²) in [5.74, 6) is -0.105. The van der Waals surface area contributed by atoms with Gasteiger partial charge in [-0.05, 0) is 51.4 Å². The van der Waals surface area contributed by atoms with Gasteiger partial charge in [0.2, 0.25) is 5.91 Å². The molecule has 3 rings (SSSR count). The number of likely N-dealkylation sites (tertiary alicyclic amines) is 1. The Kier molecular flexibility index (Phi) is 5.86. The summed E-state index contributed by atoms with van der Waals surface area (Å²) < 4.78 is 0. The molecule has 1 aliphatic heterocycles. The van der Waals surface area contributed by atoms with Crippen molar-refractivity contribution in [2.75, 3.05) is 18.4 Å². The number of nitro groups is 1. The first kappa shape index (κ1) is 19.0. The molecular weight excluding hydrogens is 342 g/mol. The number of anilines is 1. The Labute approximate surface area is 159 Å². The van der Waals surface area contributed by atoms with Gasteiger partial charge in [0, 0.05) is 18.5 Å². The molecule has 2 aromatic carbocycles. The number of benzene rings is 2. The monoisotopic (exact) mass is 367 g/mol. The van der Waals surface area contributed by atoms with Gasteiger partial charge < -0.3 is 5.32 Å². The average molecular weight is 367 g/mol. The summed E-state index contributed by atoms with van der Waals surface area (Å²) in [7, 11) is 0. The first-order chi connectivity index (χ1) is 12.9. The smallest absolute Gasteiger partial charge is 0.274 e. The number of piperidine rings is 1. The summed E-state index contributed by atoms with van der Waals surface area (Å²) in [5.41, 5.74) is 3.59. The predicted molar refractivity (Wildman–Crippen MR) is 106 cm³/mol. The summed E-state index contributed by atoms with van der Waals surface area (Å²) in [6.45, 7) is 6.40. The lowest BCUT2D eigenvalue weighted by atomic mass is 9.95. The number of carbonyl (C=O) groups is 1. The van der Waals surface area contributed by atoms with Crippen molar-refractivity contribution < 1.29 is 9.72 Å². The first-order valence-corrected chi connectivity index (χ1v) is 9.27. The van der Waals surface area contributed by atoms with Gasteiger partial charge in [0.1, 0.15) is 0 Å². The minimum Gasteiger partial charge on any atom is -0.325 e. The van der Waals surface area contributed by atoms with Crippen LogP contribution in [0.25, 0.3) is 0 Å². The summed E-state index contributed by atoms with van der Waals surface area (Å²) >= 11 is 0. The molecule has 0 spiro atoms. The van der Waals surface area contributed by atoms with Gasteiger partial charge in [0.05, 0.1) is 16.2 Å². The van der Waals surface area contributed by atoms with Crippen molar-refractivity contribution in [3.63, 3.8) is 0 Å². The van der Waals surface area contributed by atoms with Crippen LogP contribution in [0.3, 0.4) is 0 Å². The fourth-order valence-electron chi connectivity index (χ4n) is 3.50. The van der Waals surface area contributed by atoms with Crippen molar-refractivity contribution in [1.82, 2.24) is 4.90 Å². The zero-order chi connectivity index (χ0) is 19.4. The van der Waals surface area contributed by atoms with Crippen LogP contribution in [0.1, 0.15) is 29.5 Å². The maximum Gasteiger partial charge on any atom is 0.274 e. The maximum atomic E-state index is 12.6. The molecule has 0 saturated carbocycles. The Morgan fingerprint density at radius 2 is 1.81 bits per heavy atom. The molecule has 6 heteroatoms. The summed E-state index contributed by atoms with van der Waals surface area (Å²) in [6.07, 6.45) is 1.59. The van der Waals surface area contributed by atoms with Crippen molar-refractivity contribution in [1.29, 1.82) is 0 Å². The van der Waals surface area contributed by atoms with Gasteiger partial charge in [0.15, 0.2) is 0 Å². The SMILES string of the molecule is Cc1ccc(CN2CCC(C(=O)Nc3cccc([N+](=O)[O-])c3C)CC2)cc1. The van der Waals surface area contributed by atoms with Gasteiger partial charge in [-0.2, -0.15) is 0 Å². The minimum atomic E-state index is -0.422. The van der Waals surface area contributed by atoms with Crippen LogP contribution in [0.5, 0.6) is 0 Å². The minimum absolute atomic E-state index is 0.0284.